The van der Waals surface area contributed by atoms with Crippen LogP contribution in [0.4, 0.5) is 0 Å². The summed E-state index contributed by atoms with van der Waals surface area (Å²) in [6, 6.07) is 30.7. The number of hydrogen-bond acceptors (Lipinski definition) is 6. The number of ether oxygens (including phenoxy) is 3. The smallest absolute Gasteiger partial charge is 0.343 e. The highest BCUT2D eigenvalue weighted by atomic mass is 79.9. The van der Waals surface area contributed by atoms with Crippen LogP contribution < -0.4 is 19.6 Å². The Morgan fingerprint density at radius 1 is 0.895 bits per heavy atom. The predicted molar refractivity (Wildman–Crippen MR) is 149 cm³/mol. The van der Waals surface area contributed by atoms with Gasteiger partial charge in [0.1, 0.15) is 23.9 Å². The first kappa shape index (κ1) is 26.6. The quantitative estimate of drug-likeness (QED) is 0.106. The van der Waals surface area contributed by atoms with Crippen molar-refractivity contribution in [2.75, 3.05) is 0 Å². The maximum absolute atomic E-state index is 12.5. The highest BCUT2D eigenvalue weighted by molar-refractivity contribution is 9.10. The molecule has 0 aliphatic rings. The summed E-state index contributed by atoms with van der Waals surface area (Å²) in [4.78, 5) is 25.0. The number of amides is 1. The first-order valence-electron chi connectivity index (χ1n) is 11.8. The Balaban J connectivity index is 1.30. The highest BCUT2D eigenvalue weighted by Gasteiger charge is 2.15. The monoisotopic (exact) mass is 572 g/mol. The third-order valence-electron chi connectivity index (χ3n) is 5.32. The maximum atomic E-state index is 12.5. The summed E-state index contributed by atoms with van der Waals surface area (Å²) in [7, 11) is 0. The van der Waals surface area contributed by atoms with E-state index in [0.29, 0.717) is 35.0 Å². The molecule has 0 spiro atoms. The fraction of sp³-hybridized carbons (Fsp3) is 0.100. The zero-order valence-corrected chi connectivity index (χ0v) is 22.1. The molecule has 1 unspecified atom stereocenters. The van der Waals surface area contributed by atoms with Crippen LogP contribution in [0.1, 0.15) is 28.4 Å². The molecule has 0 saturated carbocycles. The Kier molecular flexibility index (Phi) is 9.26. The number of hydrogen-bond donors (Lipinski definition) is 1. The van der Waals surface area contributed by atoms with Gasteiger partial charge in [0.05, 0.1) is 11.8 Å². The average molecular weight is 573 g/mol. The molecule has 0 heterocycles. The van der Waals surface area contributed by atoms with Crippen molar-refractivity contribution < 1.29 is 23.8 Å². The summed E-state index contributed by atoms with van der Waals surface area (Å²) < 4.78 is 17.8. The standard InChI is InChI=1S/C30H25BrN2O5/c1-21(37-27-15-13-26(14-16-27)36-20-22-8-4-2-5-9-22)29(34)33-32-19-24-18-25(31)12-17-28(24)38-30(35)23-10-6-3-7-11-23/h2-19,21H,20H2,1H3,(H,33,34)/b32-19+. The molecule has 4 aromatic carbocycles. The van der Waals surface area contributed by atoms with Crippen molar-refractivity contribution in [3.63, 3.8) is 0 Å². The van der Waals surface area contributed by atoms with E-state index >= 15 is 0 Å². The topological polar surface area (TPSA) is 86.2 Å². The largest absolute Gasteiger partial charge is 0.489 e. The SMILES string of the molecule is CC(Oc1ccc(OCc2ccccc2)cc1)C(=O)N/N=C/c1cc(Br)ccc1OC(=O)c1ccccc1. The molecule has 0 aliphatic carbocycles. The van der Waals surface area contributed by atoms with E-state index < -0.39 is 18.0 Å². The molecule has 0 bridgehead atoms. The number of esters is 1. The van der Waals surface area contributed by atoms with E-state index in [2.05, 4.69) is 26.5 Å². The molecule has 7 nitrogen and oxygen atoms in total. The second-order valence-electron chi connectivity index (χ2n) is 8.18. The lowest BCUT2D eigenvalue weighted by atomic mass is 10.2. The second-order valence-corrected chi connectivity index (χ2v) is 9.09. The Morgan fingerprint density at radius 3 is 2.26 bits per heavy atom. The third kappa shape index (κ3) is 7.78. The number of rotatable bonds is 10. The molecule has 0 saturated heterocycles. The van der Waals surface area contributed by atoms with E-state index in [1.165, 1.54) is 6.21 Å². The number of carbonyl (C=O) groups excluding carboxylic acids is 2. The van der Waals surface area contributed by atoms with Gasteiger partial charge in [0.15, 0.2) is 6.10 Å². The van der Waals surface area contributed by atoms with Crippen LogP contribution in [0.3, 0.4) is 0 Å². The molecule has 38 heavy (non-hydrogen) atoms. The van der Waals surface area contributed by atoms with Crippen molar-refractivity contribution in [1.29, 1.82) is 0 Å². The van der Waals surface area contributed by atoms with Crippen LogP contribution in [0, 0.1) is 0 Å². The van der Waals surface area contributed by atoms with Gasteiger partial charge in [-0.25, -0.2) is 10.2 Å². The first-order valence-corrected chi connectivity index (χ1v) is 12.6. The number of hydrazone groups is 1. The van der Waals surface area contributed by atoms with Gasteiger partial charge in [0.2, 0.25) is 0 Å². The first-order chi connectivity index (χ1) is 18.5. The third-order valence-corrected chi connectivity index (χ3v) is 5.81. The highest BCUT2D eigenvalue weighted by Crippen LogP contribution is 2.23. The minimum absolute atomic E-state index is 0.305. The van der Waals surface area contributed by atoms with Crippen LogP contribution in [0.25, 0.3) is 0 Å². The molecule has 0 radical (unpaired) electrons. The molecule has 1 atom stereocenters. The molecule has 192 valence electrons. The van der Waals surface area contributed by atoms with E-state index in [9.17, 15) is 9.59 Å². The Morgan fingerprint density at radius 2 is 1.55 bits per heavy atom. The predicted octanol–water partition coefficient (Wildman–Crippen LogP) is 6.16. The minimum atomic E-state index is -0.805. The number of halogens is 1. The van der Waals surface area contributed by atoms with Gasteiger partial charge in [-0.05, 0) is 67.1 Å². The molecule has 4 rings (SSSR count). The van der Waals surface area contributed by atoms with Gasteiger partial charge in [-0.2, -0.15) is 5.10 Å². The van der Waals surface area contributed by atoms with E-state index in [1.54, 1.807) is 73.7 Å². The summed E-state index contributed by atoms with van der Waals surface area (Å²) in [5, 5.41) is 4.02. The van der Waals surface area contributed by atoms with Crippen molar-refractivity contribution in [1.82, 2.24) is 5.43 Å². The normalized spacial score (nSPS) is 11.5. The summed E-state index contributed by atoms with van der Waals surface area (Å²) >= 11 is 3.40. The molecule has 0 aliphatic heterocycles. The minimum Gasteiger partial charge on any atom is -0.489 e. The van der Waals surface area contributed by atoms with Gasteiger partial charge in [0.25, 0.3) is 5.91 Å². The Labute approximate surface area is 229 Å². The van der Waals surface area contributed by atoms with Crippen molar-refractivity contribution in [3.8, 4) is 17.2 Å². The number of benzene rings is 4. The number of nitrogens with zero attached hydrogens (tertiary/aromatic N) is 1. The van der Waals surface area contributed by atoms with Crippen molar-refractivity contribution in [2.45, 2.75) is 19.6 Å². The lowest BCUT2D eigenvalue weighted by Crippen LogP contribution is -2.33. The summed E-state index contributed by atoms with van der Waals surface area (Å²) in [5.41, 5.74) is 4.46. The van der Waals surface area contributed by atoms with Crippen LogP contribution in [-0.2, 0) is 11.4 Å². The Bertz CT molecular complexity index is 1390. The molecule has 0 fully saturated rings. The maximum Gasteiger partial charge on any atom is 0.343 e. The number of carbonyl (C=O) groups is 2. The van der Waals surface area contributed by atoms with E-state index in [1.807, 2.05) is 36.4 Å². The molecular weight excluding hydrogens is 548 g/mol. The summed E-state index contributed by atoms with van der Waals surface area (Å²) in [6.45, 7) is 2.08. The molecule has 0 aromatic heterocycles. The fourth-order valence-corrected chi connectivity index (χ4v) is 3.69. The van der Waals surface area contributed by atoms with Crippen LogP contribution in [-0.4, -0.2) is 24.2 Å². The average Bonchev–Trinajstić information content (AvgIpc) is 2.95. The van der Waals surface area contributed by atoms with Gasteiger partial charge in [-0.1, -0.05) is 64.5 Å². The second kappa shape index (κ2) is 13.2. The molecule has 1 N–H and O–H groups in total. The summed E-state index contributed by atoms with van der Waals surface area (Å²) in [6.07, 6.45) is 0.600. The van der Waals surface area contributed by atoms with Gasteiger partial charge in [0, 0.05) is 10.0 Å². The Hall–Kier alpha value is -4.43. The molecular formula is C30H25BrN2O5. The molecule has 4 aromatic rings. The van der Waals surface area contributed by atoms with Crippen LogP contribution in [0.15, 0.2) is 113 Å². The van der Waals surface area contributed by atoms with Crippen molar-refractivity contribution in [2.24, 2.45) is 5.10 Å². The summed E-state index contributed by atoms with van der Waals surface area (Å²) in [5.74, 6) is 0.582. The molecule has 1 amide bonds. The number of nitrogens with one attached hydrogen (secondary N) is 1. The zero-order valence-electron chi connectivity index (χ0n) is 20.5. The molecule has 8 heteroatoms. The van der Waals surface area contributed by atoms with Gasteiger partial charge < -0.3 is 14.2 Å². The van der Waals surface area contributed by atoms with Crippen LogP contribution in [0.2, 0.25) is 0 Å². The van der Waals surface area contributed by atoms with E-state index in [4.69, 9.17) is 14.2 Å². The van der Waals surface area contributed by atoms with Crippen LogP contribution >= 0.6 is 15.9 Å². The van der Waals surface area contributed by atoms with Gasteiger partial charge in [-0.15, -0.1) is 0 Å². The van der Waals surface area contributed by atoms with E-state index in [-0.39, 0.29) is 0 Å². The fourth-order valence-electron chi connectivity index (χ4n) is 3.32. The van der Waals surface area contributed by atoms with Gasteiger partial charge >= 0.3 is 5.97 Å². The van der Waals surface area contributed by atoms with Crippen LogP contribution in [0.5, 0.6) is 17.2 Å². The van der Waals surface area contributed by atoms with Crippen molar-refractivity contribution in [3.05, 3.63) is 124 Å². The van der Waals surface area contributed by atoms with E-state index in [0.717, 1.165) is 10.0 Å². The lowest BCUT2D eigenvalue weighted by Gasteiger charge is -2.13. The van der Waals surface area contributed by atoms with Gasteiger partial charge in [-0.3, -0.25) is 4.79 Å². The zero-order chi connectivity index (χ0) is 26.7. The lowest BCUT2D eigenvalue weighted by molar-refractivity contribution is -0.127. The van der Waals surface area contributed by atoms with Crippen molar-refractivity contribution >= 4 is 34.0 Å².